The molecule has 0 radical (unpaired) electrons. The predicted octanol–water partition coefficient (Wildman–Crippen LogP) is 3.97. The van der Waals surface area contributed by atoms with Crippen molar-refractivity contribution in [2.75, 3.05) is 5.32 Å². The number of carbonyl (C=O) groups is 1. The highest BCUT2D eigenvalue weighted by Gasteiger charge is 2.09. The molecule has 0 saturated carbocycles. The summed E-state index contributed by atoms with van der Waals surface area (Å²) in [6, 6.07) is 10.1. The second kappa shape index (κ2) is 7.07. The minimum atomic E-state index is -0.132. The number of pyridine rings is 1. The Bertz CT molecular complexity index is 630. The number of aromatic nitrogens is 1. The summed E-state index contributed by atoms with van der Waals surface area (Å²) in [5.41, 5.74) is 4.74. The molecule has 22 heavy (non-hydrogen) atoms. The zero-order chi connectivity index (χ0) is 16.1. The van der Waals surface area contributed by atoms with Gasteiger partial charge in [0.05, 0.1) is 11.9 Å². The van der Waals surface area contributed by atoms with Crippen molar-refractivity contribution in [3.05, 3.63) is 53.3 Å². The lowest BCUT2D eigenvalue weighted by atomic mass is 10.1. The van der Waals surface area contributed by atoms with Crippen LogP contribution in [0.3, 0.4) is 0 Å². The van der Waals surface area contributed by atoms with Gasteiger partial charge >= 0.3 is 0 Å². The van der Waals surface area contributed by atoms with E-state index in [0.717, 1.165) is 17.8 Å². The van der Waals surface area contributed by atoms with Gasteiger partial charge in [0.2, 0.25) is 0 Å². The molecule has 1 amide bonds. The van der Waals surface area contributed by atoms with Crippen molar-refractivity contribution in [3.63, 3.8) is 0 Å². The first-order chi connectivity index (χ1) is 10.5. The van der Waals surface area contributed by atoms with Crippen LogP contribution in [-0.2, 0) is 0 Å². The average molecular weight is 297 g/mol. The molecule has 4 heteroatoms. The fourth-order valence-electron chi connectivity index (χ4n) is 2.22. The maximum atomic E-state index is 12.0. The molecule has 0 spiro atoms. The number of anilines is 2. The van der Waals surface area contributed by atoms with Crippen molar-refractivity contribution < 1.29 is 4.79 Å². The predicted molar refractivity (Wildman–Crippen MR) is 90.7 cm³/mol. The molecule has 2 aromatic rings. The summed E-state index contributed by atoms with van der Waals surface area (Å²) in [6.07, 6.45) is 2.58. The lowest BCUT2D eigenvalue weighted by molar-refractivity contribution is 0.0934. The van der Waals surface area contributed by atoms with E-state index in [1.807, 2.05) is 19.9 Å². The third-order valence-electron chi connectivity index (χ3n) is 3.50. The number of carbonyl (C=O) groups excluding carboxylic acids is 1. The first-order valence-corrected chi connectivity index (χ1v) is 7.60. The summed E-state index contributed by atoms with van der Waals surface area (Å²) >= 11 is 0. The van der Waals surface area contributed by atoms with Crippen LogP contribution in [0.1, 0.15) is 41.9 Å². The van der Waals surface area contributed by atoms with E-state index in [9.17, 15) is 4.79 Å². The monoisotopic (exact) mass is 297 g/mol. The van der Waals surface area contributed by atoms with E-state index in [4.69, 9.17) is 0 Å². The Hall–Kier alpha value is -2.36. The van der Waals surface area contributed by atoms with Gasteiger partial charge in [-0.25, -0.2) is 4.98 Å². The van der Waals surface area contributed by atoms with E-state index in [2.05, 4.69) is 47.7 Å². The Morgan fingerprint density at radius 3 is 2.36 bits per heavy atom. The van der Waals surface area contributed by atoms with Crippen molar-refractivity contribution >= 4 is 17.3 Å². The Kier molecular flexibility index (Phi) is 5.15. The van der Waals surface area contributed by atoms with Crippen molar-refractivity contribution in [3.8, 4) is 0 Å². The number of nitrogens with zero attached hydrogens (tertiary/aromatic N) is 1. The lowest BCUT2D eigenvalue weighted by Crippen LogP contribution is -2.32. The average Bonchev–Trinajstić information content (AvgIpc) is 2.46. The van der Waals surface area contributed by atoms with Crippen LogP contribution in [0.4, 0.5) is 11.4 Å². The molecule has 1 unspecified atom stereocenters. The first-order valence-electron chi connectivity index (χ1n) is 7.60. The van der Waals surface area contributed by atoms with Crippen LogP contribution in [-0.4, -0.2) is 16.9 Å². The van der Waals surface area contributed by atoms with Crippen LogP contribution < -0.4 is 10.6 Å². The third-order valence-corrected chi connectivity index (χ3v) is 3.50. The zero-order valence-corrected chi connectivity index (χ0v) is 13.6. The summed E-state index contributed by atoms with van der Waals surface area (Å²) in [4.78, 5) is 16.2. The Morgan fingerprint density at radius 1 is 1.14 bits per heavy atom. The summed E-state index contributed by atoms with van der Waals surface area (Å²) < 4.78 is 0. The standard InChI is InChI=1S/C18H23N3O/c1-5-14(4)20-18(22)17-7-6-15(11-19-17)21-16-9-12(2)8-13(3)10-16/h6-11,14,21H,5H2,1-4H3,(H,20,22). The normalized spacial score (nSPS) is 11.8. The number of nitrogens with one attached hydrogen (secondary N) is 2. The van der Waals surface area contributed by atoms with Gasteiger partial charge in [0.1, 0.15) is 5.69 Å². The van der Waals surface area contributed by atoms with Gasteiger partial charge in [0, 0.05) is 11.7 Å². The van der Waals surface area contributed by atoms with Gasteiger partial charge in [-0.3, -0.25) is 4.79 Å². The molecule has 1 aromatic heterocycles. The topological polar surface area (TPSA) is 54.0 Å². The minimum absolute atomic E-state index is 0.132. The first kappa shape index (κ1) is 16.0. The third kappa shape index (κ3) is 4.32. The number of benzene rings is 1. The van der Waals surface area contributed by atoms with Crippen LogP contribution in [0.5, 0.6) is 0 Å². The second-order valence-electron chi connectivity index (χ2n) is 5.72. The van der Waals surface area contributed by atoms with Gasteiger partial charge in [-0.2, -0.15) is 0 Å². The van der Waals surface area contributed by atoms with E-state index < -0.39 is 0 Å². The number of aryl methyl sites for hydroxylation is 2. The number of rotatable bonds is 5. The van der Waals surface area contributed by atoms with Gasteiger partial charge in [-0.05, 0) is 62.6 Å². The Labute approximate surface area is 132 Å². The van der Waals surface area contributed by atoms with Gasteiger partial charge in [-0.1, -0.05) is 13.0 Å². The van der Waals surface area contributed by atoms with E-state index in [1.165, 1.54) is 11.1 Å². The molecule has 0 bridgehead atoms. The van der Waals surface area contributed by atoms with E-state index in [-0.39, 0.29) is 11.9 Å². The van der Waals surface area contributed by atoms with E-state index >= 15 is 0 Å². The van der Waals surface area contributed by atoms with Crippen LogP contribution in [0.2, 0.25) is 0 Å². The molecule has 0 aliphatic carbocycles. The Morgan fingerprint density at radius 2 is 1.82 bits per heavy atom. The van der Waals surface area contributed by atoms with Crippen LogP contribution in [0.15, 0.2) is 36.5 Å². The highest BCUT2D eigenvalue weighted by atomic mass is 16.1. The molecule has 4 nitrogen and oxygen atoms in total. The Balaban J connectivity index is 2.07. The summed E-state index contributed by atoms with van der Waals surface area (Å²) in [5.74, 6) is -0.132. The van der Waals surface area contributed by atoms with Crippen molar-refractivity contribution in [2.24, 2.45) is 0 Å². The smallest absolute Gasteiger partial charge is 0.270 e. The molecule has 0 aliphatic heterocycles. The van der Waals surface area contributed by atoms with Crippen LogP contribution in [0, 0.1) is 13.8 Å². The molecular formula is C18H23N3O. The number of amides is 1. The van der Waals surface area contributed by atoms with Gasteiger partial charge in [0.25, 0.3) is 5.91 Å². The zero-order valence-electron chi connectivity index (χ0n) is 13.6. The fraction of sp³-hybridized carbons (Fsp3) is 0.333. The summed E-state index contributed by atoms with van der Waals surface area (Å²) in [5, 5.41) is 6.22. The molecule has 1 atom stereocenters. The van der Waals surface area contributed by atoms with Crippen LogP contribution in [0.25, 0.3) is 0 Å². The largest absolute Gasteiger partial charge is 0.354 e. The molecule has 1 heterocycles. The summed E-state index contributed by atoms with van der Waals surface area (Å²) in [7, 11) is 0. The van der Waals surface area contributed by atoms with Crippen molar-refractivity contribution in [1.82, 2.24) is 10.3 Å². The maximum absolute atomic E-state index is 12.0. The number of hydrogen-bond donors (Lipinski definition) is 2. The van der Waals surface area contributed by atoms with Gasteiger partial charge in [0.15, 0.2) is 0 Å². The van der Waals surface area contributed by atoms with E-state index in [0.29, 0.717) is 5.69 Å². The molecule has 0 saturated heterocycles. The summed E-state index contributed by atoms with van der Waals surface area (Å²) in [6.45, 7) is 8.15. The molecule has 116 valence electrons. The fourth-order valence-corrected chi connectivity index (χ4v) is 2.22. The highest BCUT2D eigenvalue weighted by molar-refractivity contribution is 5.92. The number of hydrogen-bond acceptors (Lipinski definition) is 3. The highest BCUT2D eigenvalue weighted by Crippen LogP contribution is 2.19. The SMILES string of the molecule is CCC(C)NC(=O)c1ccc(Nc2cc(C)cc(C)c2)cn1. The van der Waals surface area contributed by atoms with E-state index in [1.54, 1.807) is 12.3 Å². The lowest BCUT2D eigenvalue weighted by Gasteiger charge is -2.12. The maximum Gasteiger partial charge on any atom is 0.270 e. The van der Waals surface area contributed by atoms with Crippen molar-refractivity contribution in [2.45, 2.75) is 40.2 Å². The molecule has 2 rings (SSSR count). The quantitative estimate of drug-likeness (QED) is 0.878. The van der Waals surface area contributed by atoms with Crippen LogP contribution >= 0.6 is 0 Å². The molecule has 2 N–H and O–H groups in total. The van der Waals surface area contributed by atoms with Gasteiger partial charge < -0.3 is 10.6 Å². The second-order valence-corrected chi connectivity index (χ2v) is 5.72. The molecule has 1 aromatic carbocycles. The molecular weight excluding hydrogens is 274 g/mol. The van der Waals surface area contributed by atoms with Crippen molar-refractivity contribution in [1.29, 1.82) is 0 Å². The minimum Gasteiger partial charge on any atom is -0.354 e. The molecule has 0 aliphatic rings. The van der Waals surface area contributed by atoms with Gasteiger partial charge in [-0.15, -0.1) is 0 Å². The molecule has 0 fully saturated rings.